The second-order valence-corrected chi connectivity index (χ2v) is 4.82. The van der Waals surface area contributed by atoms with Crippen LogP contribution < -0.4 is 5.32 Å². The Morgan fingerprint density at radius 3 is 2.82 bits per heavy atom. The highest BCUT2D eigenvalue weighted by Crippen LogP contribution is 2.27. The minimum absolute atomic E-state index is 0.0716. The fourth-order valence-corrected chi connectivity index (χ4v) is 2.11. The van der Waals surface area contributed by atoms with E-state index in [2.05, 4.69) is 20.8 Å². The maximum Gasteiger partial charge on any atom is 0.257 e. The highest BCUT2D eigenvalue weighted by molar-refractivity contribution is 6.31. The number of nitrogens with one attached hydrogen (secondary N) is 1. The Bertz CT molecular complexity index is 820. The second-order valence-electron chi connectivity index (χ2n) is 4.39. The van der Waals surface area contributed by atoms with Crippen LogP contribution in [-0.2, 0) is 0 Å². The van der Waals surface area contributed by atoms with Crippen LogP contribution >= 0.6 is 11.6 Å². The molecule has 0 spiro atoms. The van der Waals surface area contributed by atoms with Crippen molar-refractivity contribution in [3.05, 3.63) is 59.4 Å². The van der Waals surface area contributed by atoms with E-state index in [0.717, 1.165) is 0 Å². The van der Waals surface area contributed by atoms with E-state index in [1.807, 2.05) is 0 Å². The number of tetrazole rings is 1. The summed E-state index contributed by atoms with van der Waals surface area (Å²) in [4.78, 5) is 12.4. The summed E-state index contributed by atoms with van der Waals surface area (Å²) in [6, 6.07) is 11.2. The predicted molar refractivity (Wildman–Crippen MR) is 80.2 cm³/mol. The number of phenols is 1. The number of hydrogen-bond donors (Lipinski definition) is 2. The van der Waals surface area contributed by atoms with E-state index in [0.29, 0.717) is 16.3 Å². The van der Waals surface area contributed by atoms with Crippen molar-refractivity contribution in [1.29, 1.82) is 0 Å². The number of nitrogens with zero attached hydrogens (tertiary/aromatic N) is 4. The van der Waals surface area contributed by atoms with Crippen LogP contribution in [0.1, 0.15) is 10.4 Å². The van der Waals surface area contributed by atoms with Crippen molar-refractivity contribution < 1.29 is 9.90 Å². The van der Waals surface area contributed by atoms with Crippen LogP contribution in [0.3, 0.4) is 0 Å². The second kappa shape index (κ2) is 5.82. The lowest BCUT2D eigenvalue weighted by atomic mass is 10.1. The van der Waals surface area contributed by atoms with Crippen molar-refractivity contribution in [2.45, 2.75) is 0 Å². The number of aromatic hydroxyl groups is 1. The number of phenolic OH excluding ortho intramolecular Hbond substituents is 1. The first-order valence-electron chi connectivity index (χ1n) is 6.27. The van der Waals surface area contributed by atoms with Gasteiger partial charge in [0, 0.05) is 5.02 Å². The number of benzene rings is 2. The van der Waals surface area contributed by atoms with Crippen molar-refractivity contribution in [2.75, 3.05) is 5.32 Å². The van der Waals surface area contributed by atoms with Crippen LogP contribution in [-0.4, -0.2) is 31.2 Å². The molecule has 1 heterocycles. The molecule has 0 aliphatic heterocycles. The van der Waals surface area contributed by atoms with Crippen LogP contribution in [0, 0.1) is 0 Å². The fourth-order valence-electron chi connectivity index (χ4n) is 1.94. The van der Waals surface area contributed by atoms with Crippen LogP contribution in [0.2, 0.25) is 5.02 Å². The zero-order chi connectivity index (χ0) is 15.5. The minimum atomic E-state index is -0.413. The number of hydrogen-bond acceptors (Lipinski definition) is 5. The van der Waals surface area contributed by atoms with E-state index >= 15 is 0 Å². The first-order chi connectivity index (χ1) is 10.6. The van der Waals surface area contributed by atoms with Crippen molar-refractivity contribution in [1.82, 2.24) is 20.2 Å². The average molecular weight is 316 g/mol. The van der Waals surface area contributed by atoms with Gasteiger partial charge in [-0.25, -0.2) is 0 Å². The van der Waals surface area contributed by atoms with E-state index in [1.165, 1.54) is 29.2 Å². The van der Waals surface area contributed by atoms with Crippen molar-refractivity contribution in [3.8, 4) is 11.4 Å². The molecule has 3 rings (SSSR count). The van der Waals surface area contributed by atoms with Crippen molar-refractivity contribution in [2.24, 2.45) is 0 Å². The SMILES string of the molecule is O=C(Nc1cc(Cl)ccc1O)c1ccccc1-n1cnnn1. The number of carbonyl (C=O) groups excluding carboxylic acids is 1. The minimum Gasteiger partial charge on any atom is -0.506 e. The summed E-state index contributed by atoms with van der Waals surface area (Å²) in [7, 11) is 0. The molecule has 22 heavy (non-hydrogen) atoms. The van der Waals surface area contributed by atoms with Gasteiger partial charge in [-0.15, -0.1) is 5.10 Å². The number of anilines is 1. The molecule has 2 N–H and O–H groups in total. The molecule has 0 saturated heterocycles. The summed E-state index contributed by atoms with van der Waals surface area (Å²) < 4.78 is 1.38. The van der Waals surface area contributed by atoms with E-state index in [9.17, 15) is 9.90 Å². The third kappa shape index (κ3) is 2.75. The first-order valence-corrected chi connectivity index (χ1v) is 6.65. The van der Waals surface area contributed by atoms with Crippen LogP contribution in [0.15, 0.2) is 48.8 Å². The molecular formula is C14H10ClN5O2. The van der Waals surface area contributed by atoms with Gasteiger partial charge in [-0.2, -0.15) is 4.68 Å². The third-order valence-electron chi connectivity index (χ3n) is 2.95. The normalized spacial score (nSPS) is 10.4. The highest BCUT2D eigenvalue weighted by atomic mass is 35.5. The van der Waals surface area contributed by atoms with Crippen LogP contribution in [0.4, 0.5) is 5.69 Å². The Kier molecular flexibility index (Phi) is 3.71. The van der Waals surface area contributed by atoms with Gasteiger partial charge in [-0.05, 0) is 40.8 Å². The molecule has 0 aliphatic carbocycles. The zero-order valence-corrected chi connectivity index (χ0v) is 11.9. The maximum absolute atomic E-state index is 12.4. The molecule has 7 nitrogen and oxygen atoms in total. The molecule has 0 radical (unpaired) electrons. The Labute approximate surface area is 130 Å². The van der Waals surface area contributed by atoms with Crippen LogP contribution in [0.5, 0.6) is 5.75 Å². The molecule has 0 aliphatic rings. The molecule has 0 saturated carbocycles. The van der Waals surface area contributed by atoms with Gasteiger partial charge in [0.05, 0.1) is 16.9 Å². The Morgan fingerprint density at radius 1 is 1.23 bits per heavy atom. The summed E-state index contributed by atoms with van der Waals surface area (Å²) in [6.45, 7) is 0. The molecule has 0 bridgehead atoms. The van der Waals surface area contributed by atoms with Gasteiger partial charge in [0.25, 0.3) is 5.91 Å². The third-order valence-corrected chi connectivity index (χ3v) is 3.19. The summed E-state index contributed by atoms with van der Waals surface area (Å²) >= 11 is 5.87. The van der Waals surface area contributed by atoms with Gasteiger partial charge in [-0.1, -0.05) is 23.7 Å². The Morgan fingerprint density at radius 2 is 2.05 bits per heavy atom. The van der Waals surface area contributed by atoms with Crippen molar-refractivity contribution in [3.63, 3.8) is 0 Å². The Hall–Kier alpha value is -2.93. The molecule has 0 atom stereocenters. The van der Waals surface area contributed by atoms with E-state index in [-0.39, 0.29) is 11.4 Å². The quantitative estimate of drug-likeness (QED) is 0.723. The smallest absolute Gasteiger partial charge is 0.257 e. The number of halogens is 1. The van der Waals surface area contributed by atoms with Crippen molar-refractivity contribution >= 4 is 23.2 Å². The number of rotatable bonds is 3. The maximum atomic E-state index is 12.4. The number of amides is 1. The van der Waals surface area contributed by atoms with E-state index in [4.69, 9.17) is 11.6 Å². The zero-order valence-electron chi connectivity index (χ0n) is 11.1. The molecule has 1 aromatic heterocycles. The Balaban J connectivity index is 1.95. The standard InChI is InChI=1S/C14H10ClN5O2/c15-9-5-6-13(21)11(7-9)17-14(22)10-3-1-2-4-12(10)20-8-16-18-19-20/h1-8,21H,(H,17,22). The predicted octanol–water partition coefficient (Wildman–Crippen LogP) is 2.27. The summed E-state index contributed by atoms with van der Waals surface area (Å²) in [5, 5.41) is 23.7. The lowest BCUT2D eigenvalue weighted by Gasteiger charge is -2.10. The average Bonchev–Trinajstić information content (AvgIpc) is 3.05. The summed E-state index contributed by atoms with van der Waals surface area (Å²) in [5.74, 6) is -0.485. The summed E-state index contributed by atoms with van der Waals surface area (Å²) in [6.07, 6.45) is 1.39. The molecule has 110 valence electrons. The lowest BCUT2D eigenvalue weighted by Crippen LogP contribution is -2.15. The number of para-hydroxylation sites is 1. The van der Waals surface area contributed by atoms with Gasteiger partial charge in [0.15, 0.2) is 0 Å². The molecule has 0 fully saturated rings. The lowest BCUT2D eigenvalue weighted by molar-refractivity contribution is 0.102. The largest absolute Gasteiger partial charge is 0.506 e. The highest BCUT2D eigenvalue weighted by Gasteiger charge is 2.15. The van der Waals surface area contributed by atoms with Gasteiger partial charge >= 0.3 is 0 Å². The molecule has 3 aromatic rings. The monoisotopic (exact) mass is 315 g/mol. The molecular weight excluding hydrogens is 306 g/mol. The van der Waals surface area contributed by atoms with Gasteiger partial charge in [0.1, 0.15) is 12.1 Å². The summed E-state index contributed by atoms with van der Waals surface area (Å²) in [5.41, 5.74) is 1.10. The van der Waals surface area contributed by atoms with E-state index in [1.54, 1.807) is 24.3 Å². The van der Waals surface area contributed by atoms with Crippen LogP contribution in [0.25, 0.3) is 5.69 Å². The topological polar surface area (TPSA) is 92.9 Å². The molecule has 0 unspecified atom stereocenters. The number of carbonyl (C=O) groups is 1. The first kappa shape index (κ1) is 14.0. The van der Waals surface area contributed by atoms with Gasteiger partial charge in [-0.3, -0.25) is 4.79 Å². The fraction of sp³-hybridized carbons (Fsp3) is 0. The number of aromatic nitrogens is 4. The molecule has 8 heteroatoms. The van der Waals surface area contributed by atoms with Gasteiger partial charge in [0.2, 0.25) is 0 Å². The van der Waals surface area contributed by atoms with Gasteiger partial charge < -0.3 is 10.4 Å². The molecule has 1 amide bonds. The van der Waals surface area contributed by atoms with E-state index < -0.39 is 5.91 Å². The molecule has 2 aromatic carbocycles.